The second-order valence-electron chi connectivity index (χ2n) is 6.80. The van der Waals surface area contributed by atoms with Crippen LogP contribution in [0.15, 0.2) is 48.8 Å². The summed E-state index contributed by atoms with van der Waals surface area (Å²) >= 11 is 6.16. The number of carbonyl (C=O) groups is 1. The molecule has 24 heavy (non-hydrogen) atoms. The Bertz CT molecular complexity index is 694. The van der Waals surface area contributed by atoms with E-state index in [1.54, 1.807) is 24.5 Å². The average Bonchev–Trinajstić information content (AvgIpc) is 2.63. The number of aromatic nitrogens is 1. The molecule has 1 fully saturated rings. The van der Waals surface area contributed by atoms with Crippen LogP contribution >= 0.6 is 11.6 Å². The largest absolute Gasteiger partial charge is 0.330 e. The molecule has 126 valence electrons. The third kappa shape index (κ3) is 3.68. The number of pyridine rings is 1. The molecule has 1 saturated carbocycles. The first-order valence-electron chi connectivity index (χ1n) is 8.52. The molecule has 0 unspecified atom stereocenters. The van der Waals surface area contributed by atoms with Gasteiger partial charge in [0.15, 0.2) is 5.78 Å². The minimum atomic E-state index is 0.00111. The second kappa shape index (κ2) is 7.45. The topological polar surface area (TPSA) is 56.0 Å². The normalized spacial score (nSPS) is 23.8. The standard InChI is InChI=1S/C20H23ClN2O/c21-18-3-1-2-17(13-18)20(14-22)8-4-15(5-9-20)12-19(24)16-6-10-23-11-7-16/h1-3,6-7,10-11,13,15H,4-5,8-9,12,14,22H2. The molecule has 1 aliphatic carbocycles. The first-order valence-corrected chi connectivity index (χ1v) is 8.90. The Balaban J connectivity index is 1.65. The molecular weight excluding hydrogens is 320 g/mol. The van der Waals surface area contributed by atoms with Crippen LogP contribution in [-0.4, -0.2) is 17.3 Å². The van der Waals surface area contributed by atoms with Crippen molar-refractivity contribution in [3.8, 4) is 0 Å². The summed E-state index contributed by atoms with van der Waals surface area (Å²) < 4.78 is 0. The fraction of sp³-hybridized carbons (Fsp3) is 0.400. The lowest BCUT2D eigenvalue weighted by atomic mass is 9.66. The first kappa shape index (κ1) is 17.1. The van der Waals surface area contributed by atoms with Crippen LogP contribution in [0, 0.1) is 5.92 Å². The average molecular weight is 343 g/mol. The van der Waals surface area contributed by atoms with Gasteiger partial charge in [0, 0.05) is 41.4 Å². The highest BCUT2D eigenvalue weighted by Crippen LogP contribution is 2.42. The smallest absolute Gasteiger partial charge is 0.163 e. The van der Waals surface area contributed by atoms with Crippen LogP contribution in [0.2, 0.25) is 5.02 Å². The van der Waals surface area contributed by atoms with Crippen LogP contribution in [0.1, 0.15) is 48.0 Å². The van der Waals surface area contributed by atoms with Gasteiger partial charge in [-0.2, -0.15) is 0 Å². The number of halogens is 1. The highest BCUT2D eigenvalue weighted by Gasteiger charge is 2.36. The number of rotatable bonds is 5. The summed E-state index contributed by atoms with van der Waals surface area (Å²) in [6, 6.07) is 11.6. The molecular formula is C20H23ClN2O. The van der Waals surface area contributed by atoms with Crippen LogP contribution in [0.5, 0.6) is 0 Å². The van der Waals surface area contributed by atoms with Crippen LogP contribution in [0.4, 0.5) is 0 Å². The molecule has 0 amide bonds. The Morgan fingerprint density at radius 3 is 2.54 bits per heavy atom. The van der Waals surface area contributed by atoms with Crippen molar-refractivity contribution >= 4 is 17.4 Å². The number of benzene rings is 1. The number of hydrogen-bond acceptors (Lipinski definition) is 3. The van der Waals surface area contributed by atoms with E-state index in [9.17, 15) is 4.79 Å². The number of Topliss-reactive ketones (excluding diaryl/α,β-unsaturated/α-hetero) is 1. The molecule has 0 aliphatic heterocycles. The van der Waals surface area contributed by atoms with Crippen molar-refractivity contribution in [2.45, 2.75) is 37.5 Å². The van der Waals surface area contributed by atoms with E-state index in [1.165, 1.54) is 5.56 Å². The molecule has 0 radical (unpaired) electrons. The molecule has 0 saturated heterocycles. The zero-order chi connectivity index (χ0) is 17.0. The molecule has 4 heteroatoms. The zero-order valence-corrected chi connectivity index (χ0v) is 14.5. The Hall–Kier alpha value is -1.71. The van der Waals surface area contributed by atoms with Crippen molar-refractivity contribution in [2.75, 3.05) is 6.54 Å². The number of ketones is 1. The third-order valence-corrected chi connectivity index (χ3v) is 5.60. The fourth-order valence-electron chi connectivity index (χ4n) is 3.78. The van der Waals surface area contributed by atoms with Gasteiger partial charge in [-0.3, -0.25) is 9.78 Å². The summed E-state index contributed by atoms with van der Waals surface area (Å²) in [7, 11) is 0. The Kier molecular flexibility index (Phi) is 5.32. The summed E-state index contributed by atoms with van der Waals surface area (Å²) in [6.45, 7) is 0.623. The number of nitrogens with zero attached hydrogens (tertiary/aromatic N) is 1. The molecule has 0 spiro atoms. The lowest BCUT2D eigenvalue weighted by Crippen LogP contribution is -2.39. The van der Waals surface area contributed by atoms with Crippen molar-refractivity contribution in [3.63, 3.8) is 0 Å². The molecule has 1 heterocycles. The van der Waals surface area contributed by atoms with Crippen LogP contribution in [0.25, 0.3) is 0 Å². The number of carbonyl (C=O) groups excluding carboxylic acids is 1. The van der Waals surface area contributed by atoms with Crippen LogP contribution in [0.3, 0.4) is 0 Å². The van der Waals surface area contributed by atoms with E-state index in [-0.39, 0.29) is 11.2 Å². The first-order chi connectivity index (χ1) is 11.6. The van der Waals surface area contributed by atoms with Crippen molar-refractivity contribution in [3.05, 3.63) is 64.9 Å². The van der Waals surface area contributed by atoms with Gasteiger partial charge in [-0.1, -0.05) is 23.7 Å². The van der Waals surface area contributed by atoms with E-state index in [0.29, 0.717) is 18.9 Å². The minimum Gasteiger partial charge on any atom is -0.330 e. The van der Waals surface area contributed by atoms with E-state index in [2.05, 4.69) is 11.1 Å². The van der Waals surface area contributed by atoms with E-state index >= 15 is 0 Å². The van der Waals surface area contributed by atoms with Crippen LogP contribution < -0.4 is 5.73 Å². The van der Waals surface area contributed by atoms with Crippen molar-refractivity contribution in [2.24, 2.45) is 11.7 Å². The molecule has 1 aromatic heterocycles. The van der Waals surface area contributed by atoms with Crippen molar-refractivity contribution in [1.82, 2.24) is 4.98 Å². The third-order valence-electron chi connectivity index (χ3n) is 5.37. The molecule has 3 rings (SSSR count). The monoisotopic (exact) mass is 342 g/mol. The highest BCUT2D eigenvalue weighted by atomic mass is 35.5. The number of hydrogen-bond donors (Lipinski definition) is 1. The minimum absolute atomic E-state index is 0.00111. The van der Waals surface area contributed by atoms with Crippen LogP contribution in [-0.2, 0) is 5.41 Å². The summed E-state index contributed by atoms with van der Waals surface area (Å²) in [5.41, 5.74) is 8.13. The molecule has 2 N–H and O–H groups in total. The molecule has 1 aromatic carbocycles. The SMILES string of the molecule is NCC1(c2cccc(Cl)c2)CCC(CC(=O)c2ccncc2)CC1. The van der Waals surface area contributed by atoms with Gasteiger partial charge in [0.1, 0.15) is 0 Å². The van der Waals surface area contributed by atoms with Crippen molar-refractivity contribution < 1.29 is 4.79 Å². The Morgan fingerprint density at radius 2 is 1.92 bits per heavy atom. The summed E-state index contributed by atoms with van der Waals surface area (Å²) in [5, 5.41) is 0.760. The maximum Gasteiger partial charge on any atom is 0.163 e. The van der Waals surface area contributed by atoms with Gasteiger partial charge in [0.25, 0.3) is 0 Å². The van der Waals surface area contributed by atoms with E-state index < -0.39 is 0 Å². The Morgan fingerprint density at radius 1 is 1.21 bits per heavy atom. The Labute approximate surface area is 148 Å². The summed E-state index contributed by atoms with van der Waals surface area (Å²) in [5.74, 6) is 0.648. The van der Waals surface area contributed by atoms with Gasteiger partial charge in [0.05, 0.1) is 0 Å². The van der Waals surface area contributed by atoms with Gasteiger partial charge in [-0.15, -0.1) is 0 Å². The van der Waals surface area contributed by atoms with Gasteiger partial charge in [-0.25, -0.2) is 0 Å². The molecule has 0 atom stereocenters. The molecule has 2 aromatic rings. The van der Waals surface area contributed by atoms with E-state index in [1.807, 2.05) is 18.2 Å². The number of nitrogens with two attached hydrogens (primary N) is 1. The lowest BCUT2D eigenvalue weighted by Gasteiger charge is -2.40. The van der Waals surface area contributed by atoms with Crippen molar-refractivity contribution in [1.29, 1.82) is 0 Å². The predicted molar refractivity (Wildman–Crippen MR) is 97.3 cm³/mol. The van der Waals surface area contributed by atoms with Gasteiger partial charge in [0.2, 0.25) is 0 Å². The lowest BCUT2D eigenvalue weighted by molar-refractivity contribution is 0.0937. The van der Waals surface area contributed by atoms with E-state index in [0.717, 1.165) is 36.3 Å². The predicted octanol–water partition coefficient (Wildman–Crippen LogP) is 4.39. The molecule has 3 nitrogen and oxygen atoms in total. The zero-order valence-electron chi connectivity index (χ0n) is 13.7. The summed E-state index contributed by atoms with van der Waals surface area (Å²) in [4.78, 5) is 16.4. The van der Waals surface area contributed by atoms with Gasteiger partial charge in [-0.05, 0) is 61.4 Å². The maximum atomic E-state index is 12.4. The fourth-order valence-corrected chi connectivity index (χ4v) is 3.97. The summed E-state index contributed by atoms with van der Waals surface area (Å²) in [6.07, 6.45) is 8.04. The molecule has 1 aliphatic rings. The maximum absolute atomic E-state index is 12.4. The van der Waals surface area contributed by atoms with Gasteiger partial charge >= 0.3 is 0 Å². The quantitative estimate of drug-likeness (QED) is 0.819. The van der Waals surface area contributed by atoms with Gasteiger partial charge < -0.3 is 5.73 Å². The second-order valence-corrected chi connectivity index (χ2v) is 7.24. The highest BCUT2D eigenvalue weighted by molar-refractivity contribution is 6.30. The molecule has 0 bridgehead atoms. The van der Waals surface area contributed by atoms with E-state index in [4.69, 9.17) is 17.3 Å².